The number of nitrogens with zero attached hydrogens (tertiary/aromatic N) is 1. The quantitative estimate of drug-likeness (QED) is 0.713. The second-order valence-corrected chi connectivity index (χ2v) is 5.99. The first-order valence-electron chi connectivity index (χ1n) is 8.30. The molecule has 3 aromatic rings. The third kappa shape index (κ3) is 4.08. The molecule has 134 valence electrons. The van der Waals surface area contributed by atoms with Gasteiger partial charge in [0.15, 0.2) is 0 Å². The summed E-state index contributed by atoms with van der Waals surface area (Å²) >= 11 is 0. The molecule has 0 aliphatic heterocycles. The molecule has 0 aliphatic carbocycles. The molecule has 3 rings (SSSR count). The Morgan fingerprint density at radius 1 is 1.23 bits per heavy atom. The van der Waals surface area contributed by atoms with Crippen molar-refractivity contribution in [1.82, 2.24) is 15.5 Å². The first-order valence-corrected chi connectivity index (χ1v) is 8.30. The highest BCUT2D eigenvalue weighted by Gasteiger charge is 2.11. The van der Waals surface area contributed by atoms with Crippen molar-refractivity contribution in [3.05, 3.63) is 71.2 Å². The summed E-state index contributed by atoms with van der Waals surface area (Å²) in [5.41, 5.74) is 3.35. The lowest BCUT2D eigenvalue weighted by molar-refractivity contribution is 0.0949. The maximum atomic E-state index is 13.4. The van der Waals surface area contributed by atoms with Crippen LogP contribution in [0.1, 0.15) is 21.6 Å². The van der Waals surface area contributed by atoms with E-state index >= 15 is 0 Å². The predicted octanol–water partition coefficient (Wildman–Crippen LogP) is 3.51. The van der Waals surface area contributed by atoms with Gasteiger partial charge in [0.1, 0.15) is 17.3 Å². The predicted molar refractivity (Wildman–Crippen MR) is 97.7 cm³/mol. The van der Waals surface area contributed by atoms with Crippen molar-refractivity contribution in [3.63, 3.8) is 0 Å². The van der Waals surface area contributed by atoms with Crippen molar-refractivity contribution in [3.8, 4) is 17.0 Å². The van der Waals surface area contributed by atoms with E-state index in [1.807, 2.05) is 24.3 Å². The third-order valence-electron chi connectivity index (χ3n) is 4.11. The van der Waals surface area contributed by atoms with Gasteiger partial charge in [-0.15, -0.1) is 0 Å². The highest BCUT2D eigenvalue weighted by atomic mass is 19.1. The Morgan fingerprint density at radius 3 is 2.85 bits per heavy atom. The summed E-state index contributed by atoms with van der Waals surface area (Å²) in [5, 5.41) is 9.73. The summed E-state index contributed by atoms with van der Waals surface area (Å²) in [4.78, 5) is 12.3. The van der Waals surface area contributed by atoms with Gasteiger partial charge < -0.3 is 10.1 Å². The minimum Gasteiger partial charge on any atom is -0.497 e. The zero-order valence-electron chi connectivity index (χ0n) is 14.7. The minimum atomic E-state index is -0.264. The number of methoxy groups -OCH3 is 1. The lowest BCUT2D eigenvalue weighted by Crippen LogP contribution is -2.26. The first-order chi connectivity index (χ1) is 12.6. The number of carbonyl (C=O) groups excluding carboxylic acids is 1. The minimum absolute atomic E-state index is 0.231. The number of rotatable bonds is 6. The summed E-state index contributed by atoms with van der Waals surface area (Å²) in [6.45, 7) is 2.19. The van der Waals surface area contributed by atoms with Crippen LogP contribution in [0.3, 0.4) is 0 Å². The van der Waals surface area contributed by atoms with E-state index in [1.165, 1.54) is 6.07 Å². The number of hydrogen-bond acceptors (Lipinski definition) is 3. The molecule has 0 saturated carbocycles. The van der Waals surface area contributed by atoms with E-state index in [0.29, 0.717) is 29.9 Å². The van der Waals surface area contributed by atoms with Gasteiger partial charge in [-0.1, -0.05) is 12.1 Å². The molecule has 2 aromatic carbocycles. The molecule has 0 saturated heterocycles. The van der Waals surface area contributed by atoms with Crippen LogP contribution in [-0.2, 0) is 6.42 Å². The number of H-pyrrole nitrogens is 1. The van der Waals surface area contributed by atoms with Crippen molar-refractivity contribution in [1.29, 1.82) is 0 Å². The molecular formula is C20H20FN3O2. The Kier molecular flexibility index (Phi) is 5.31. The lowest BCUT2D eigenvalue weighted by Gasteiger charge is -2.05. The maximum Gasteiger partial charge on any atom is 0.269 e. The van der Waals surface area contributed by atoms with E-state index in [4.69, 9.17) is 4.74 Å². The van der Waals surface area contributed by atoms with Crippen LogP contribution >= 0.6 is 0 Å². The van der Waals surface area contributed by atoms with E-state index in [2.05, 4.69) is 15.5 Å². The normalized spacial score (nSPS) is 10.6. The monoisotopic (exact) mass is 353 g/mol. The summed E-state index contributed by atoms with van der Waals surface area (Å²) in [5.74, 6) is 0.298. The molecule has 6 heteroatoms. The second-order valence-electron chi connectivity index (χ2n) is 5.99. The molecule has 5 nitrogen and oxygen atoms in total. The topological polar surface area (TPSA) is 67.0 Å². The largest absolute Gasteiger partial charge is 0.497 e. The molecule has 0 radical (unpaired) electrons. The first kappa shape index (κ1) is 17.7. The molecule has 0 spiro atoms. The number of nitrogens with one attached hydrogen (secondary N) is 2. The van der Waals surface area contributed by atoms with Gasteiger partial charge >= 0.3 is 0 Å². The Bertz CT molecular complexity index is 921. The standard InChI is InChI=1S/C20H20FN3O2/c1-13-10-15(6-7-17(13)21)18-12-19(24-23-18)20(25)22-9-8-14-4-3-5-16(11-14)26-2/h3-7,10-12H,8-9H2,1-2H3,(H,22,25)(H,23,24). The molecule has 2 N–H and O–H groups in total. The van der Waals surface area contributed by atoms with E-state index in [1.54, 1.807) is 32.2 Å². The summed E-state index contributed by atoms with van der Waals surface area (Å²) in [6, 6.07) is 14.1. The fourth-order valence-corrected chi connectivity index (χ4v) is 2.63. The number of hydrogen-bond donors (Lipinski definition) is 2. The van der Waals surface area contributed by atoms with Crippen molar-refractivity contribution in [2.24, 2.45) is 0 Å². The van der Waals surface area contributed by atoms with Crippen molar-refractivity contribution in [2.45, 2.75) is 13.3 Å². The summed E-state index contributed by atoms with van der Waals surface area (Å²) in [7, 11) is 1.62. The molecule has 1 aromatic heterocycles. The SMILES string of the molecule is COc1cccc(CCNC(=O)c2cc(-c3ccc(F)c(C)c3)n[nH]2)c1. The van der Waals surface area contributed by atoms with Gasteiger partial charge in [-0.05, 0) is 60.9 Å². The van der Waals surface area contributed by atoms with Gasteiger partial charge in [0.25, 0.3) is 5.91 Å². The van der Waals surface area contributed by atoms with Crippen LogP contribution in [0.5, 0.6) is 5.75 Å². The molecule has 0 fully saturated rings. The Morgan fingerprint density at radius 2 is 2.08 bits per heavy atom. The Labute approximate surface area is 151 Å². The van der Waals surface area contributed by atoms with Gasteiger partial charge in [0.05, 0.1) is 12.8 Å². The molecule has 0 atom stereocenters. The van der Waals surface area contributed by atoms with Crippen LogP contribution < -0.4 is 10.1 Å². The highest BCUT2D eigenvalue weighted by Crippen LogP contribution is 2.20. The summed E-state index contributed by atoms with van der Waals surface area (Å²) in [6.07, 6.45) is 0.696. The van der Waals surface area contributed by atoms with E-state index in [9.17, 15) is 9.18 Å². The second kappa shape index (κ2) is 7.82. The number of ether oxygens (including phenoxy) is 1. The molecule has 0 aliphatic rings. The average Bonchev–Trinajstić information content (AvgIpc) is 3.14. The number of aromatic nitrogens is 2. The van der Waals surface area contributed by atoms with Crippen LogP contribution in [0, 0.1) is 12.7 Å². The van der Waals surface area contributed by atoms with Crippen LogP contribution in [0.4, 0.5) is 4.39 Å². The number of aromatic amines is 1. The zero-order valence-corrected chi connectivity index (χ0v) is 14.7. The molecule has 1 heterocycles. The fourth-order valence-electron chi connectivity index (χ4n) is 2.63. The van der Waals surface area contributed by atoms with Gasteiger partial charge in [0, 0.05) is 12.1 Å². The van der Waals surface area contributed by atoms with Gasteiger partial charge in [-0.25, -0.2) is 4.39 Å². The number of amides is 1. The molecule has 0 bridgehead atoms. The summed E-state index contributed by atoms with van der Waals surface area (Å²) < 4.78 is 18.6. The van der Waals surface area contributed by atoms with E-state index in [0.717, 1.165) is 16.9 Å². The number of aryl methyl sites for hydroxylation is 1. The van der Waals surface area contributed by atoms with Crippen LogP contribution in [0.15, 0.2) is 48.5 Å². The molecule has 1 amide bonds. The van der Waals surface area contributed by atoms with Crippen LogP contribution in [0.25, 0.3) is 11.3 Å². The van der Waals surface area contributed by atoms with Gasteiger partial charge in [-0.2, -0.15) is 5.10 Å². The average molecular weight is 353 g/mol. The Balaban J connectivity index is 1.60. The van der Waals surface area contributed by atoms with Crippen LogP contribution in [0.2, 0.25) is 0 Å². The Hall–Kier alpha value is -3.15. The maximum absolute atomic E-state index is 13.4. The van der Waals surface area contributed by atoms with Gasteiger partial charge in [-0.3, -0.25) is 9.89 Å². The third-order valence-corrected chi connectivity index (χ3v) is 4.11. The lowest BCUT2D eigenvalue weighted by atomic mass is 10.1. The highest BCUT2D eigenvalue weighted by molar-refractivity contribution is 5.93. The smallest absolute Gasteiger partial charge is 0.269 e. The number of carbonyl (C=O) groups is 1. The molecule has 26 heavy (non-hydrogen) atoms. The number of benzene rings is 2. The molecular weight excluding hydrogens is 333 g/mol. The van der Waals surface area contributed by atoms with Crippen molar-refractivity contribution >= 4 is 5.91 Å². The molecule has 0 unspecified atom stereocenters. The fraction of sp³-hybridized carbons (Fsp3) is 0.200. The zero-order chi connectivity index (χ0) is 18.5. The van der Waals surface area contributed by atoms with E-state index in [-0.39, 0.29) is 11.7 Å². The van der Waals surface area contributed by atoms with Crippen LogP contribution in [-0.4, -0.2) is 29.8 Å². The van der Waals surface area contributed by atoms with Crippen molar-refractivity contribution in [2.75, 3.05) is 13.7 Å². The van der Waals surface area contributed by atoms with E-state index < -0.39 is 0 Å². The number of halogens is 1. The van der Waals surface area contributed by atoms with Crippen molar-refractivity contribution < 1.29 is 13.9 Å². The van der Waals surface area contributed by atoms with Gasteiger partial charge in [0.2, 0.25) is 0 Å².